The van der Waals surface area contributed by atoms with E-state index in [1.54, 1.807) is 6.20 Å². The summed E-state index contributed by atoms with van der Waals surface area (Å²) in [4.78, 5) is 12.5. The summed E-state index contributed by atoms with van der Waals surface area (Å²) in [7, 11) is 0. The van der Waals surface area contributed by atoms with E-state index in [-0.39, 0.29) is 6.61 Å². The maximum absolute atomic E-state index is 12.5. The van der Waals surface area contributed by atoms with Gasteiger partial charge >= 0.3 is 6.09 Å². The van der Waals surface area contributed by atoms with Crippen LogP contribution in [-0.4, -0.2) is 21.4 Å². The molecular formula is C22H33NO3. The maximum atomic E-state index is 12.5. The number of aliphatic hydroxyl groups excluding tert-OH is 1. The number of hydrogen-bond acceptors (Lipinski definition) is 3. The molecule has 0 aliphatic carbocycles. The summed E-state index contributed by atoms with van der Waals surface area (Å²) in [6.45, 7) is 7.70. The molecule has 26 heavy (non-hydrogen) atoms. The van der Waals surface area contributed by atoms with Gasteiger partial charge < -0.3 is 9.84 Å². The van der Waals surface area contributed by atoms with Crippen LogP contribution in [0.5, 0.6) is 0 Å². The summed E-state index contributed by atoms with van der Waals surface area (Å²) < 4.78 is 7.03. The second-order valence-electron chi connectivity index (χ2n) is 8.03. The molecule has 0 aliphatic heterocycles. The van der Waals surface area contributed by atoms with Crippen molar-refractivity contribution < 1.29 is 14.6 Å². The second kappa shape index (κ2) is 9.22. The monoisotopic (exact) mass is 359 g/mol. The van der Waals surface area contributed by atoms with Gasteiger partial charge in [-0.2, -0.15) is 0 Å². The van der Waals surface area contributed by atoms with Crippen LogP contribution in [0.15, 0.2) is 24.4 Å². The first-order valence-electron chi connectivity index (χ1n) is 9.82. The smallest absolute Gasteiger partial charge is 0.419 e. The van der Waals surface area contributed by atoms with E-state index in [1.165, 1.54) is 42.2 Å². The molecule has 1 aromatic carbocycles. The minimum absolute atomic E-state index is 0.0942. The van der Waals surface area contributed by atoms with E-state index in [0.29, 0.717) is 0 Å². The van der Waals surface area contributed by atoms with Gasteiger partial charge in [-0.25, -0.2) is 4.79 Å². The van der Waals surface area contributed by atoms with Crippen LogP contribution in [-0.2, 0) is 17.8 Å². The molecule has 2 rings (SSSR count). The van der Waals surface area contributed by atoms with Gasteiger partial charge in [-0.15, -0.1) is 0 Å². The standard InChI is InChI=1S/C22H33NO3/c1-5-6-7-8-9-10-11-17-12-13-19-18(16-24)15-23(20(19)14-17)21(25)26-22(2,3)4/h12-15,24H,5-11,16H2,1-4H3. The molecule has 1 heterocycles. The molecule has 0 unspecified atom stereocenters. The summed E-state index contributed by atoms with van der Waals surface area (Å²) in [5.41, 5.74) is 2.23. The lowest BCUT2D eigenvalue weighted by molar-refractivity contribution is 0.0544. The lowest BCUT2D eigenvalue weighted by Gasteiger charge is -2.19. The van der Waals surface area contributed by atoms with Crippen molar-refractivity contribution in [3.63, 3.8) is 0 Å². The molecule has 0 atom stereocenters. The van der Waals surface area contributed by atoms with Crippen LogP contribution >= 0.6 is 0 Å². The SMILES string of the molecule is CCCCCCCCc1ccc2c(CO)cn(C(=O)OC(C)(C)C)c2c1. The first-order chi connectivity index (χ1) is 12.4. The summed E-state index contributed by atoms with van der Waals surface area (Å²) in [5, 5.41) is 10.5. The molecule has 4 nitrogen and oxygen atoms in total. The van der Waals surface area contributed by atoms with Gasteiger partial charge in [0.25, 0.3) is 0 Å². The topological polar surface area (TPSA) is 51.5 Å². The van der Waals surface area contributed by atoms with Gasteiger partial charge in [0.05, 0.1) is 12.1 Å². The van der Waals surface area contributed by atoms with Crippen LogP contribution in [0.3, 0.4) is 0 Å². The fourth-order valence-electron chi connectivity index (χ4n) is 3.20. The Morgan fingerprint density at radius 2 is 1.81 bits per heavy atom. The molecule has 4 heteroatoms. The number of hydrogen-bond donors (Lipinski definition) is 1. The molecule has 0 aliphatic rings. The highest BCUT2D eigenvalue weighted by Crippen LogP contribution is 2.25. The van der Waals surface area contributed by atoms with Crippen molar-refractivity contribution in [3.8, 4) is 0 Å². The van der Waals surface area contributed by atoms with Gasteiger partial charge in [0.1, 0.15) is 5.60 Å². The number of aryl methyl sites for hydroxylation is 1. The van der Waals surface area contributed by atoms with Crippen LogP contribution in [0.25, 0.3) is 10.9 Å². The number of benzene rings is 1. The predicted molar refractivity (Wildman–Crippen MR) is 107 cm³/mol. The molecule has 144 valence electrons. The zero-order valence-electron chi connectivity index (χ0n) is 16.7. The van der Waals surface area contributed by atoms with Gasteiger partial charge in [-0.1, -0.05) is 51.2 Å². The highest BCUT2D eigenvalue weighted by atomic mass is 16.6. The molecule has 0 fully saturated rings. The predicted octanol–water partition coefficient (Wildman–Crippen LogP) is 5.82. The first kappa shape index (κ1) is 20.5. The van der Waals surface area contributed by atoms with Crippen molar-refractivity contribution >= 4 is 17.0 Å². The molecule has 0 saturated heterocycles. The molecule has 0 amide bonds. The van der Waals surface area contributed by atoms with E-state index in [2.05, 4.69) is 19.1 Å². The number of aliphatic hydroxyl groups is 1. The lowest BCUT2D eigenvalue weighted by Crippen LogP contribution is -2.26. The van der Waals surface area contributed by atoms with Crippen LogP contribution in [0.2, 0.25) is 0 Å². The van der Waals surface area contributed by atoms with Crippen molar-refractivity contribution in [2.45, 2.75) is 84.8 Å². The number of carbonyl (C=O) groups excluding carboxylic acids is 1. The van der Waals surface area contributed by atoms with Gasteiger partial charge in [-0.05, 0) is 45.2 Å². The lowest BCUT2D eigenvalue weighted by atomic mass is 10.0. The Balaban J connectivity index is 2.15. The molecule has 0 spiro atoms. The van der Waals surface area contributed by atoms with Crippen molar-refractivity contribution in [1.29, 1.82) is 0 Å². The Morgan fingerprint density at radius 3 is 2.46 bits per heavy atom. The Labute approximate surface area is 157 Å². The minimum Gasteiger partial charge on any atom is -0.443 e. The number of nitrogens with zero attached hydrogens (tertiary/aromatic N) is 1. The van der Waals surface area contributed by atoms with Crippen LogP contribution in [0, 0.1) is 0 Å². The summed E-state index contributed by atoms with van der Waals surface area (Å²) in [6, 6.07) is 6.17. The average molecular weight is 360 g/mol. The summed E-state index contributed by atoms with van der Waals surface area (Å²) >= 11 is 0. The highest BCUT2D eigenvalue weighted by Gasteiger charge is 2.20. The van der Waals surface area contributed by atoms with E-state index in [0.717, 1.165) is 29.3 Å². The van der Waals surface area contributed by atoms with Gasteiger partial charge in [0, 0.05) is 17.1 Å². The average Bonchev–Trinajstić information content (AvgIpc) is 2.94. The molecule has 0 radical (unpaired) electrons. The third-order valence-corrected chi connectivity index (χ3v) is 4.53. The third-order valence-electron chi connectivity index (χ3n) is 4.53. The van der Waals surface area contributed by atoms with Gasteiger partial charge in [0.2, 0.25) is 0 Å². The Kier molecular flexibility index (Phi) is 7.27. The fourth-order valence-corrected chi connectivity index (χ4v) is 3.20. The zero-order valence-corrected chi connectivity index (χ0v) is 16.7. The summed E-state index contributed by atoms with van der Waals surface area (Å²) in [5.74, 6) is 0. The van der Waals surface area contributed by atoms with Crippen LogP contribution in [0.1, 0.15) is 77.3 Å². The number of rotatable bonds is 8. The molecule has 0 bridgehead atoms. The molecular weight excluding hydrogens is 326 g/mol. The van der Waals surface area contributed by atoms with Crippen molar-refractivity contribution in [2.75, 3.05) is 0 Å². The Bertz CT molecular complexity index is 725. The van der Waals surface area contributed by atoms with E-state index < -0.39 is 11.7 Å². The largest absolute Gasteiger partial charge is 0.443 e. The van der Waals surface area contributed by atoms with E-state index >= 15 is 0 Å². The zero-order chi connectivity index (χ0) is 19.2. The number of aromatic nitrogens is 1. The van der Waals surface area contributed by atoms with E-state index in [1.807, 2.05) is 26.8 Å². The minimum atomic E-state index is -0.552. The van der Waals surface area contributed by atoms with Crippen LogP contribution in [0.4, 0.5) is 4.79 Å². The molecule has 0 saturated carbocycles. The third kappa shape index (κ3) is 5.60. The quantitative estimate of drug-likeness (QED) is 0.604. The number of unbranched alkanes of at least 4 members (excludes halogenated alkanes) is 5. The molecule has 1 aromatic heterocycles. The number of ether oxygens (including phenoxy) is 1. The molecule has 1 N–H and O–H groups in total. The van der Waals surface area contributed by atoms with E-state index in [4.69, 9.17) is 4.74 Å². The number of carbonyl (C=O) groups is 1. The van der Waals surface area contributed by atoms with Crippen molar-refractivity contribution in [3.05, 3.63) is 35.5 Å². The molecule has 2 aromatic rings. The first-order valence-corrected chi connectivity index (χ1v) is 9.82. The van der Waals surface area contributed by atoms with Crippen molar-refractivity contribution in [2.24, 2.45) is 0 Å². The number of fused-ring (bicyclic) bond motifs is 1. The highest BCUT2D eigenvalue weighted by molar-refractivity contribution is 5.92. The van der Waals surface area contributed by atoms with Gasteiger partial charge in [0.15, 0.2) is 0 Å². The summed E-state index contributed by atoms with van der Waals surface area (Å²) in [6.07, 6.45) is 9.89. The van der Waals surface area contributed by atoms with E-state index in [9.17, 15) is 9.90 Å². The normalized spacial score (nSPS) is 11.9. The maximum Gasteiger partial charge on any atom is 0.419 e. The fraction of sp³-hybridized carbons (Fsp3) is 0.591. The van der Waals surface area contributed by atoms with Gasteiger partial charge in [-0.3, -0.25) is 4.57 Å². The van der Waals surface area contributed by atoms with Crippen molar-refractivity contribution in [1.82, 2.24) is 4.57 Å². The second-order valence-corrected chi connectivity index (χ2v) is 8.03. The van der Waals surface area contributed by atoms with Crippen LogP contribution < -0.4 is 0 Å². The Hall–Kier alpha value is -1.81. The Morgan fingerprint density at radius 1 is 1.12 bits per heavy atom.